The smallest absolute Gasteiger partial charge is 0.157 e. The maximum atomic E-state index is 5.60. The Kier molecular flexibility index (Phi) is 3.07. The van der Waals surface area contributed by atoms with E-state index in [1.165, 1.54) is 11.8 Å². The SMILES string of the molecule is CCOc1ccc2nc3n(c2c1)CC(c1ccccn1)[SH]3. The Morgan fingerprint density at radius 3 is 3.10 bits per heavy atom. The molecule has 21 heavy (non-hydrogen) atoms. The Bertz CT molecular complexity index is 785. The fourth-order valence-corrected chi connectivity index (χ4v) is 4.01. The van der Waals surface area contributed by atoms with E-state index >= 15 is 0 Å². The second kappa shape index (κ2) is 5.07. The number of benzene rings is 1. The fourth-order valence-electron chi connectivity index (χ4n) is 2.71. The minimum absolute atomic E-state index is 0.397. The second-order valence-electron chi connectivity index (χ2n) is 5.01. The third-order valence-electron chi connectivity index (χ3n) is 3.67. The number of ether oxygens (including phenoxy) is 1. The molecule has 1 aliphatic heterocycles. The number of imidazole rings is 1. The zero-order valence-electron chi connectivity index (χ0n) is 11.7. The number of hydrogen-bond donors (Lipinski definition) is 1. The third-order valence-corrected chi connectivity index (χ3v) is 4.98. The van der Waals surface area contributed by atoms with E-state index < -0.39 is 0 Å². The molecule has 4 nitrogen and oxygen atoms in total. The Hall–Kier alpha value is -2.01. The van der Waals surface area contributed by atoms with Gasteiger partial charge in [-0.15, -0.1) is 11.8 Å². The summed E-state index contributed by atoms with van der Waals surface area (Å²) in [7, 11) is 0. The maximum absolute atomic E-state index is 5.60. The zero-order valence-corrected chi connectivity index (χ0v) is 12.6. The van der Waals surface area contributed by atoms with Gasteiger partial charge in [0, 0.05) is 18.8 Å². The van der Waals surface area contributed by atoms with Gasteiger partial charge in [0.1, 0.15) is 5.75 Å². The summed E-state index contributed by atoms with van der Waals surface area (Å²) in [5, 5.41) is 1.52. The summed E-state index contributed by atoms with van der Waals surface area (Å²) in [6.07, 6.45) is 1.86. The lowest BCUT2D eigenvalue weighted by molar-refractivity contribution is 0.340. The van der Waals surface area contributed by atoms with Gasteiger partial charge in [-0.2, -0.15) is 0 Å². The number of thiol groups is 1. The molecule has 0 bridgehead atoms. The number of pyridine rings is 1. The molecule has 3 heterocycles. The molecule has 1 aliphatic rings. The van der Waals surface area contributed by atoms with Crippen molar-refractivity contribution < 1.29 is 4.74 Å². The maximum Gasteiger partial charge on any atom is 0.157 e. The van der Waals surface area contributed by atoms with Crippen molar-refractivity contribution in [1.82, 2.24) is 14.5 Å². The Balaban J connectivity index is 1.71. The molecule has 1 radical (unpaired) electrons. The van der Waals surface area contributed by atoms with Gasteiger partial charge in [-0.3, -0.25) is 4.98 Å². The Morgan fingerprint density at radius 1 is 1.33 bits per heavy atom. The van der Waals surface area contributed by atoms with E-state index in [1.807, 2.05) is 37.4 Å². The van der Waals surface area contributed by atoms with Crippen LogP contribution in [0.3, 0.4) is 0 Å². The van der Waals surface area contributed by atoms with E-state index in [-0.39, 0.29) is 0 Å². The highest BCUT2D eigenvalue weighted by Crippen LogP contribution is 2.43. The van der Waals surface area contributed by atoms with Crippen LogP contribution in [0, 0.1) is 0 Å². The first-order valence-corrected chi connectivity index (χ1v) is 8.06. The molecule has 1 unspecified atom stereocenters. The van der Waals surface area contributed by atoms with Crippen molar-refractivity contribution in [2.75, 3.05) is 6.61 Å². The van der Waals surface area contributed by atoms with Crippen molar-refractivity contribution in [3.8, 4) is 5.75 Å². The normalized spacial score (nSPS) is 17.1. The molecule has 4 rings (SSSR count). The highest BCUT2D eigenvalue weighted by atomic mass is 32.2. The predicted octanol–water partition coefficient (Wildman–Crippen LogP) is 3.41. The summed E-state index contributed by atoms with van der Waals surface area (Å²) in [6, 6.07) is 12.2. The summed E-state index contributed by atoms with van der Waals surface area (Å²) < 4.78 is 7.89. The largest absolute Gasteiger partial charge is 0.494 e. The van der Waals surface area contributed by atoms with Crippen LogP contribution in [-0.2, 0) is 6.54 Å². The van der Waals surface area contributed by atoms with Crippen LogP contribution in [0.5, 0.6) is 5.75 Å². The van der Waals surface area contributed by atoms with Crippen LogP contribution in [0.1, 0.15) is 17.9 Å². The molecule has 0 spiro atoms. The summed E-state index contributed by atoms with van der Waals surface area (Å²) in [5.74, 6) is 0.908. The molecule has 0 saturated carbocycles. The molecule has 0 N–H and O–H groups in total. The zero-order chi connectivity index (χ0) is 14.2. The number of rotatable bonds is 3. The molecule has 3 aromatic rings. The van der Waals surface area contributed by atoms with Gasteiger partial charge in [-0.05, 0) is 31.2 Å². The molecule has 0 aliphatic carbocycles. The molecule has 1 atom stereocenters. The van der Waals surface area contributed by atoms with Crippen molar-refractivity contribution in [1.29, 1.82) is 0 Å². The quantitative estimate of drug-likeness (QED) is 0.753. The van der Waals surface area contributed by atoms with Crippen molar-refractivity contribution in [2.45, 2.75) is 23.9 Å². The minimum atomic E-state index is 0.397. The van der Waals surface area contributed by atoms with Crippen LogP contribution >= 0.6 is 11.8 Å². The van der Waals surface area contributed by atoms with Crippen LogP contribution in [-0.4, -0.2) is 21.1 Å². The molecule has 2 aromatic heterocycles. The standard InChI is InChI=1S/C16H16N3OS/c1-2-20-11-6-7-12-14(9-11)19-10-15(21-16(19)18-12)13-5-3-4-8-17-13/h3-9,15,21H,2,10H2,1H3. The second-order valence-corrected chi connectivity index (χ2v) is 6.29. The number of aromatic nitrogens is 3. The highest BCUT2D eigenvalue weighted by molar-refractivity contribution is 7.99. The van der Waals surface area contributed by atoms with Gasteiger partial charge in [-0.1, -0.05) is 6.07 Å². The number of fused-ring (bicyclic) bond motifs is 3. The van der Waals surface area contributed by atoms with E-state index in [4.69, 9.17) is 9.72 Å². The van der Waals surface area contributed by atoms with Gasteiger partial charge >= 0.3 is 0 Å². The monoisotopic (exact) mass is 298 g/mol. The van der Waals surface area contributed by atoms with Crippen LogP contribution in [0.4, 0.5) is 0 Å². The van der Waals surface area contributed by atoms with Gasteiger partial charge in [0.2, 0.25) is 0 Å². The van der Waals surface area contributed by atoms with Gasteiger partial charge in [0.25, 0.3) is 0 Å². The summed E-state index contributed by atoms with van der Waals surface area (Å²) in [4.78, 5) is 9.22. The van der Waals surface area contributed by atoms with Crippen molar-refractivity contribution >= 4 is 22.8 Å². The van der Waals surface area contributed by atoms with E-state index in [1.54, 1.807) is 0 Å². The summed E-state index contributed by atoms with van der Waals surface area (Å²) in [6.45, 7) is 3.61. The number of hydrogen-bond acceptors (Lipinski definition) is 3. The molecule has 0 amide bonds. The first-order chi connectivity index (χ1) is 10.3. The molecular formula is C16H16N3OS. The van der Waals surface area contributed by atoms with Crippen LogP contribution in [0.15, 0.2) is 47.8 Å². The van der Waals surface area contributed by atoms with Gasteiger partial charge < -0.3 is 9.30 Å². The molecule has 0 fully saturated rings. The minimum Gasteiger partial charge on any atom is -0.494 e. The van der Waals surface area contributed by atoms with E-state index in [0.717, 1.165) is 34.2 Å². The van der Waals surface area contributed by atoms with E-state index in [2.05, 4.69) is 21.7 Å². The average Bonchev–Trinajstić information content (AvgIpc) is 3.06. The van der Waals surface area contributed by atoms with Gasteiger partial charge in [-0.25, -0.2) is 4.98 Å². The van der Waals surface area contributed by atoms with Crippen LogP contribution in [0.25, 0.3) is 11.0 Å². The molecule has 107 valence electrons. The lowest BCUT2D eigenvalue weighted by Crippen LogP contribution is -2.00. The number of nitrogens with zero attached hydrogens (tertiary/aromatic N) is 3. The fraction of sp³-hybridized carbons (Fsp3) is 0.250. The predicted molar refractivity (Wildman–Crippen MR) is 85.1 cm³/mol. The van der Waals surface area contributed by atoms with E-state index in [9.17, 15) is 0 Å². The third kappa shape index (κ3) is 2.17. The van der Waals surface area contributed by atoms with Crippen LogP contribution in [0.2, 0.25) is 0 Å². The van der Waals surface area contributed by atoms with Crippen molar-refractivity contribution in [3.05, 3.63) is 48.3 Å². The lowest BCUT2D eigenvalue weighted by Gasteiger charge is -2.08. The molecule has 5 heteroatoms. The first-order valence-electron chi connectivity index (χ1n) is 7.10. The Morgan fingerprint density at radius 2 is 2.29 bits per heavy atom. The summed E-state index contributed by atoms with van der Waals surface area (Å²) in [5.41, 5.74) is 3.33. The molecule has 0 saturated heterocycles. The lowest BCUT2D eigenvalue weighted by atomic mass is 10.2. The average molecular weight is 298 g/mol. The highest BCUT2D eigenvalue weighted by Gasteiger charge is 2.26. The van der Waals surface area contributed by atoms with Crippen molar-refractivity contribution in [2.24, 2.45) is 0 Å². The molecule has 1 aromatic carbocycles. The van der Waals surface area contributed by atoms with Crippen LogP contribution < -0.4 is 4.74 Å². The van der Waals surface area contributed by atoms with Gasteiger partial charge in [0.15, 0.2) is 5.16 Å². The summed E-state index contributed by atoms with van der Waals surface area (Å²) >= 11 is 1.23. The topological polar surface area (TPSA) is 39.9 Å². The molecular weight excluding hydrogens is 282 g/mol. The van der Waals surface area contributed by atoms with E-state index in [0.29, 0.717) is 11.9 Å². The van der Waals surface area contributed by atoms with Crippen molar-refractivity contribution in [3.63, 3.8) is 0 Å². The van der Waals surface area contributed by atoms with Gasteiger partial charge in [0.05, 0.1) is 28.6 Å². The Labute approximate surface area is 127 Å². The first kappa shape index (κ1) is 12.7.